The predicted molar refractivity (Wildman–Crippen MR) is 125 cm³/mol. The minimum atomic E-state index is -0.136. The monoisotopic (exact) mass is 429 g/mol. The van der Waals surface area contributed by atoms with Gasteiger partial charge in [-0.3, -0.25) is 4.57 Å². The van der Waals surface area contributed by atoms with Gasteiger partial charge in [0.2, 0.25) is 5.95 Å². The topological polar surface area (TPSA) is 68.5 Å². The normalized spacial score (nSPS) is 18.2. The number of para-hydroxylation sites is 2. The first-order valence-corrected chi connectivity index (χ1v) is 11.0. The van der Waals surface area contributed by atoms with E-state index in [1.165, 1.54) is 0 Å². The molecule has 0 spiro atoms. The van der Waals surface area contributed by atoms with E-state index in [2.05, 4.69) is 40.2 Å². The molecule has 1 saturated heterocycles. The number of nitrogens with zero attached hydrogens (tertiary/aromatic N) is 2. The third-order valence-electron chi connectivity index (χ3n) is 5.77. The lowest BCUT2D eigenvalue weighted by atomic mass is 10.2. The van der Waals surface area contributed by atoms with Crippen molar-refractivity contribution in [2.24, 2.45) is 0 Å². The fraction of sp³-hybridized carbons (Fsp3) is 0.269. The average molecular weight is 430 g/mol. The first-order valence-electron chi connectivity index (χ1n) is 11.0. The van der Waals surface area contributed by atoms with Crippen LogP contribution in [0.3, 0.4) is 0 Å². The van der Waals surface area contributed by atoms with Crippen LogP contribution >= 0.6 is 0 Å². The van der Waals surface area contributed by atoms with E-state index in [-0.39, 0.29) is 18.9 Å². The van der Waals surface area contributed by atoms with E-state index in [0.29, 0.717) is 13.2 Å². The predicted octanol–water partition coefficient (Wildman–Crippen LogP) is 4.90. The number of nitrogens with one attached hydrogen (secondary N) is 1. The summed E-state index contributed by atoms with van der Waals surface area (Å²) in [6.45, 7) is 1.20. The van der Waals surface area contributed by atoms with Crippen molar-refractivity contribution in [1.29, 1.82) is 0 Å². The van der Waals surface area contributed by atoms with Crippen molar-refractivity contribution in [3.05, 3.63) is 90.0 Å². The van der Waals surface area contributed by atoms with Gasteiger partial charge in [0.1, 0.15) is 18.6 Å². The lowest BCUT2D eigenvalue weighted by molar-refractivity contribution is -0.0195. The van der Waals surface area contributed by atoms with Gasteiger partial charge in [0.25, 0.3) is 0 Å². The van der Waals surface area contributed by atoms with Crippen LogP contribution in [0, 0.1) is 0 Å². The molecule has 0 unspecified atom stereocenters. The molecule has 3 aromatic carbocycles. The van der Waals surface area contributed by atoms with Crippen LogP contribution in [0.2, 0.25) is 0 Å². The van der Waals surface area contributed by atoms with Crippen LogP contribution in [0.1, 0.15) is 30.2 Å². The summed E-state index contributed by atoms with van der Waals surface area (Å²) >= 11 is 0. The van der Waals surface area contributed by atoms with Gasteiger partial charge in [0, 0.05) is 6.54 Å². The Kier molecular flexibility index (Phi) is 6.05. The van der Waals surface area contributed by atoms with Crippen LogP contribution in [0.5, 0.6) is 5.75 Å². The van der Waals surface area contributed by atoms with Gasteiger partial charge in [-0.1, -0.05) is 54.6 Å². The number of aromatic nitrogens is 2. The number of benzene rings is 3. The summed E-state index contributed by atoms with van der Waals surface area (Å²) in [7, 11) is 0. The van der Waals surface area contributed by atoms with E-state index in [4.69, 9.17) is 14.5 Å². The zero-order chi connectivity index (χ0) is 21.8. The maximum Gasteiger partial charge on any atom is 0.206 e. The largest absolute Gasteiger partial charge is 0.489 e. The van der Waals surface area contributed by atoms with Crippen LogP contribution in [0.4, 0.5) is 5.95 Å². The van der Waals surface area contributed by atoms with E-state index >= 15 is 0 Å². The molecule has 6 nitrogen and oxygen atoms in total. The smallest absolute Gasteiger partial charge is 0.206 e. The van der Waals surface area contributed by atoms with E-state index in [9.17, 15) is 5.11 Å². The van der Waals surface area contributed by atoms with Crippen molar-refractivity contribution in [1.82, 2.24) is 9.55 Å². The van der Waals surface area contributed by atoms with Gasteiger partial charge in [0.15, 0.2) is 0 Å². The Morgan fingerprint density at radius 2 is 1.78 bits per heavy atom. The fourth-order valence-electron chi connectivity index (χ4n) is 4.14. The Labute approximate surface area is 187 Å². The molecular weight excluding hydrogens is 402 g/mol. The Balaban J connectivity index is 1.32. The van der Waals surface area contributed by atoms with Gasteiger partial charge < -0.3 is 19.9 Å². The maximum absolute atomic E-state index is 9.48. The van der Waals surface area contributed by atoms with Gasteiger partial charge in [-0.2, -0.15) is 0 Å². The van der Waals surface area contributed by atoms with Crippen LogP contribution in [-0.4, -0.2) is 27.4 Å². The second kappa shape index (κ2) is 9.42. The minimum Gasteiger partial charge on any atom is -0.489 e. The SMILES string of the molecule is OC[C@@H]1CC[C@H](n2c(NCc3cccc(OCc4ccccc4)c3)nc3ccccc32)O1. The van der Waals surface area contributed by atoms with E-state index in [1.54, 1.807) is 0 Å². The number of ether oxygens (including phenoxy) is 2. The molecule has 4 aromatic rings. The van der Waals surface area contributed by atoms with E-state index in [0.717, 1.165) is 46.7 Å². The first kappa shape index (κ1) is 20.5. The lowest BCUT2D eigenvalue weighted by Crippen LogP contribution is -2.16. The van der Waals surface area contributed by atoms with Crippen molar-refractivity contribution < 1.29 is 14.6 Å². The highest BCUT2D eigenvalue weighted by Gasteiger charge is 2.29. The molecule has 6 heteroatoms. The number of aliphatic hydroxyl groups is 1. The molecule has 2 N–H and O–H groups in total. The van der Waals surface area contributed by atoms with Gasteiger partial charge in [-0.25, -0.2) is 4.98 Å². The molecule has 1 aromatic heterocycles. The molecule has 5 rings (SSSR count). The summed E-state index contributed by atoms with van der Waals surface area (Å²) in [4.78, 5) is 4.80. The van der Waals surface area contributed by atoms with Crippen molar-refractivity contribution in [2.45, 2.75) is 38.3 Å². The van der Waals surface area contributed by atoms with Gasteiger partial charge in [0.05, 0.1) is 23.7 Å². The minimum absolute atomic E-state index is 0.0433. The third kappa shape index (κ3) is 4.47. The number of imidazole rings is 1. The number of fused-ring (bicyclic) bond motifs is 1. The van der Waals surface area contributed by atoms with Crippen LogP contribution < -0.4 is 10.1 Å². The van der Waals surface area contributed by atoms with Crippen LogP contribution in [0.15, 0.2) is 78.9 Å². The third-order valence-corrected chi connectivity index (χ3v) is 5.77. The lowest BCUT2D eigenvalue weighted by Gasteiger charge is -2.18. The van der Waals surface area contributed by atoms with Crippen LogP contribution in [0.25, 0.3) is 11.0 Å². The summed E-state index contributed by atoms with van der Waals surface area (Å²) in [5.74, 6) is 1.61. The van der Waals surface area contributed by atoms with E-state index in [1.807, 2.05) is 48.5 Å². The standard InChI is InChI=1S/C26H27N3O3/c30-17-22-13-14-25(32-22)29-24-12-5-4-11-23(24)28-26(29)27-16-20-9-6-10-21(15-20)31-18-19-7-2-1-3-8-19/h1-12,15,22,25,30H,13-14,16-18H2,(H,27,28)/t22-,25+/m0/s1. The molecule has 1 aliphatic rings. The molecule has 1 aliphatic heterocycles. The summed E-state index contributed by atoms with van der Waals surface area (Å²) < 4.78 is 14.1. The van der Waals surface area contributed by atoms with Gasteiger partial charge >= 0.3 is 0 Å². The summed E-state index contributed by atoms with van der Waals surface area (Å²) in [6.07, 6.45) is 1.44. The molecule has 0 bridgehead atoms. The van der Waals surface area contributed by atoms with Crippen molar-refractivity contribution in [2.75, 3.05) is 11.9 Å². The molecular formula is C26H27N3O3. The second-order valence-corrected chi connectivity index (χ2v) is 8.04. The molecule has 2 atom stereocenters. The molecule has 2 heterocycles. The quantitative estimate of drug-likeness (QED) is 0.417. The summed E-state index contributed by atoms with van der Waals surface area (Å²) in [5.41, 5.74) is 4.20. The zero-order valence-corrected chi connectivity index (χ0v) is 17.9. The average Bonchev–Trinajstić information content (AvgIpc) is 3.46. The highest BCUT2D eigenvalue weighted by molar-refractivity contribution is 5.78. The molecule has 0 aliphatic carbocycles. The number of hydrogen-bond donors (Lipinski definition) is 2. The molecule has 32 heavy (non-hydrogen) atoms. The van der Waals surface area contributed by atoms with Crippen molar-refractivity contribution in [3.8, 4) is 5.75 Å². The number of rotatable bonds is 8. The Morgan fingerprint density at radius 3 is 2.62 bits per heavy atom. The van der Waals surface area contributed by atoms with Crippen molar-refractivity contribution >= 4 is 17.0 Å². The second-order valence-electron chi connectivity index (χ2n) is 8.04. The molecule has 164 valence electrons. The van der Waals surface area contributed by atoms with Gasteiger partial charge in [-0.05, 0) is 48.2 Å². The summed E-state index contributed by atoms with van der Waals surface area (Å²) in [6, 6.07) is 26.3. The Bertz CT molecular complexity index is 1180. The van der Waals surface area contributed by atoms with E-state index < -0.39 is 0 Å². The highest BCUT2D eigenvalue weighted by Crippen LogP contribution is 2.34. The van der Waals surface area contributed by atoms with Gasteiger partial charge in [-0.15, -0.1) is 0 Å². The molecule has 1 fully saturated rings. The van der Waals surface area contributed by atoms with Crippen LogP contribution in [-0.2, 0) is 17.9 Å². The fourth-order valence-corrected chi connectivity index (χ4v) is 4.14. The van der Waals surface area contributed by atoms with Crippen molar-refractivity contribution in [3.63, 3.8) is 0 Å². The maximum atomic E-state index is 9.48. The Hall–Kier alpha value is -3.35. The zero-order valence-electron chi connectivity index (χ0n) is 17.9. The molecule has 0 saturated carbocycles. The number of anilines is 1. The number of aliphatic hydroxyl groups excluding tert-OH is 1. The highest BCUT2D eigenvalue weighted by atomic mass is 16.5. The molecule has 0 amide bonds. The Morgan fingerprint density at radius 1 is 0.969 bits per heavy atom. The first-order chi connectivity index (χ1) is 15.8. The summed E-state index contributed by atoms with van der Waals surface area (Å²) in [5, 5.41) is 13.0. The molecule has 0 radical (unpaired) electrons. The number of hydrogen-bond acceptors (Lipinski definition) is 5.